The van der Waals surface area contributed by atoms with E-state index in [2.05, 4.69) is 4.72 Å². The van der Waals surface area contributed by atoms with Crippen LogP contribution in [0.3, 0.4) is 0 Å². The molecule has 2 rings (SSSR count). The third-order valence-electron chi connectivity index (χ3n) is 3.17. The zero-order valence-corrected chi connectivity index (χ0v) is 13.3. The van der Waals surface area contributed by atoms with E-state index < -0.39 is 16.1 Å². The first-order valence-electron chi connectivity index (χ1n) is 5.92. The molecule has 1 N–H and O–H groups in total. The highest BCUT2D eigenvalue weighted by Crippen LogP contribution is 2.28. The molecule has 1 aliphatic rings. The zero-order chi connectivity index (χ0) is 15.1. The Balaban J connectivity index is 2.28. The number of hydrogen-bond acceptors (Lipinski definition) is 3. The van der Waals surface area contributed by atoms with Gasteiger partial charge >= 0.3 is 0 Å². The fourth-order valence-corrected chi connectivity index (χ4v) is 4.12. The van der Waals surface area contributed by atoms with Crippen LogP contribution < -0.4 is 4.72 Å². The second-order valence-electron chi connectivity index (χ2n) is 4.83. The summed E-state index contributed by atoms with van der Waals surface area (Å²) in [5.74, 6) is -0.0870. The maximum atomic E-state index is 12.3. The number of halogens is 2. The Hall–Kier alpha value is -0.820. The average molecular weight is 337 g/mol. The molecule has 1 fully saturated rings. The van der Waals surface area contributed by atoms with Crippen LogP contribution in [-0.4, -0.2) is 38.9 Å². The topological polar surface area (TPSA) is 66.5 Å². The summed E-state index contributed by atoms with van der Waals surface area (Å²) < 4.78 is 27.1. The van der Waals surface area contributed by atoms with E-state index in [1.165, 1.54) is 17.0 Å². The van der Waals surface area contributed by atoms with E-state index in [-0.39, 0.29) is 22.2 Å². The van der Waals surface area contributed by atoms with Gasteiger partial charge in [0.25, 0.3) is 0 Å². The predicted molar refractivity (Wildman–Crippen MR) is 77.6 cm³/mol. The van der Waals surface area contributed by atoms with E-state index in [4.69, 9.17) is 23.2 Å². The Morgan fingerprint density at radius 2 is 1.95 bits per heavy atom. The summed E-state index contributed by atoms with van der Waals surface area (Å²) in [5.41, 5.74) is 0.621. The summed E-state index contributed by atoms with van der Waals surface area (Å²) in [7, 11) is -2.14. The van der Waals surface area contributed by atoms with E-state index >= 15 is 0 Å². The number of carbonyl (C=O) groups is 1. The molecule has 1 atom stereocenters. The summed E-state index contributed by atoms with van der Waals surface area (Å²) >= 11 is 11.8. The van der Waals surface area contributed by atoms with Crippen LogP contribution in [0.1, 0.15) is 12.0 Å². The standard InChI is InChI=1S/C12H14Cl2N2O3S/c1-7-3-11(10(14)5-9(7)13)20(18,19)15-8-4-12(17)16(2)6-8/h3,5,8,15H,4,6H2,1-2H3/t8-/m0/s1. The predicted octanol–water partition coefficient (Wildman–Crippen LogP) is 1.81. The lowest BCUT2D eigenvalue weighted by atomic mass is 10.2. The first kappa shape index (κ1) is 15.6. The number of aryl methyl sites for hydroxylation is 1. The van der Waals surface area contributed by atoms with Gasteiger partial charge in [-0.1, -0.05) is 23.2 Å². The number of nitrogens with zero attached hydrogens (tertiary/aromatic N) is 1. The van der Waals surface area contributed by atoms with Crippen molar-refractivity contribution in [2.75, 3.05) is 13.6 Å². The molecule has 0 saturated carbocycles. The second kappa shape index (κ2) is 5.52. The molecule has 110 valence electrons. The molecule has 1 aliphatic heterocycles. The highest BCUT2D eigenvalue weighted by atomic mass is 35.5. The molecular weight excluding hydrogens is 323 g/mol. The molecular formula is C12H14Cl2N2O3S. The highest BCUT2D eigenvalue weighted by molar-refractivity contribution is 7.89. The molecule has 0 spiro atoms. The van der Waals surface area contributed by atoms with Crippen molar-refractivity contribution in [1.82, 2.24) is 9.62 Å². The maximum Gasteiger partial charge on any atom is 0.242 e. The lowest BCUT2D eigenvalue weighted by Gasteiger charge is -2.14. The van der Waals surface area contributed by atoms with Crippen LogP contribution in [0.4, 0.5) is 0 Å². The van der Waals surface area contributed by atoms with Crippen molar-refractivity contribution in [3.05, 3.63) is 27.7 Å². The minimum Gasteiger partial charge on any atom is -0.344 e. The number of sulfonamides is 1. The monoisotopic (exact) mass is 336 g/mol. The lowest BCUT2D eigenvalue weighted by molar-refractivity contribution is -0.126. The summed E-state index contributed by atoms with van der Waals surface area (Å²) in [6.07, 6.45) is 0.153. The summed E-state index contributed by atoms with van der Waals surface area (Å²) in [6.45, 7) is 2.05. The van der Waals surface area contributed by atoms with Crippen molar-refractivity contribution in [3.8, 4) is 0 Å². The normalized spacial score (nSPS) is 19.7. The first-order chi connectivity index (χ1) is 9.20. The molecule has 8 heteroatoms. The molecule has 1 heterocycles. The van der Waals surface area contributed by atoms with Crippen LogP contribution in [0, 0.1) is 6.92 Å². The van der Waals surface area contributed by atoms with E-state index in [0.29, 0.717) is 17.1 Å². The van der Waals surface area contributed by atoms with Gasteiger partial charge in [0.2, 0.25) is 15.9 Å². The smallest absolute Gasteiger partial charge is 0.242 e. The largest absolute Gasteiger partial charge is 0.344 e. The third kappa shape index (κ3) is 3.09. The van der Waals surface area contributed by atoms with Gasteiger partial charge in [-0.15, -0.1) is 0 Å². The van der Waals surface area contributed by atoms with E-state index in [9.17, 15) is 13.2 Å². The molecule has 1 saturated heterocycles. The quantitative estimate of drug-likeness (QED) is 0.915. The molecule has 1 aromatic carbocycles. The molecule has 0 radical (unpaired) electrons. The minimum atomic E-state index is -3.78. The maximum absolute atomic E-state index is 12.3. The lowest BCUT2D eigenvalue weighted by Crippen LogP contribution is -2.36. The molecule has 1 aromatic rings. The van der Waals surface area contributed by atoms with Gasteiger partial charge in [0.1, 0.15) is 4.90 Å². The van der Waals surface area contributed by atoms with Crippen molar-refractivity contribution >= 4 is 39.1 Å². The Kier molecular flexibility index (Phi) is 4.30. The summed E-state index contributed by atoms with van der Waals surface area (Å²) in [4.78, 5) is 12.9. The number of likely N-dealkylation sites (tertiary alicyclic amines) is 1. The van der Waals surface area contributed by atoms with E-state index in [1.807, 2.05) is 0 Å². The van der Waals surface area contributed by atoms with Gasteiger partial charge in [-0.05, 0) is 24.6 Å². The Bertz CT molecular complexity index is 661. The Morgan fingerprint density at radius 1 is 1.30 bits per heavy atom. The van der Waals surface area contributed by atoms with E-state index in [0.717, 1.165) is 0 Å². The van der Waals surface area contributed by atoms with Gasteiger partial charge in [-0.2, -0.15) is 0 Å². The fourth-order valence-electron chi connectivity index (χ4n) is 2.06. The van der Waals surface area contributed by atoms with Crippen molar-refractivity contribution in [3.63, 3.8) is 0 Å². The summed E-state index contributed by atoms with van der Waals surface area (Å²) in [5, 5.41) is 0.468. The minimum absolute atomic E-state index is 0.0249. The average Bonchev–Trinajstić information content (AvgIpc) is 2.61. The van der Waals surface area contributed by atoms with Crippen LogP contribution >= 0.6 is 23.2 Å². The molecule has 0 aromatic heterocycles. The van der Waals surface area contributed by atoms with Crippen LogP contribution in [0.2, 0.25) is 10.0 Å². The Labute approximate surface area is 127 Å². The molecule has 0 bridgehead atoms. The Morgan fingerprint density at radius 3 is 2.50 bits per heavy atom. The van der Waals surface area contributed by atoms with Gasteiger partial charge in [0, 0.05) is 31.1 Å². The molecule has 20 heavy (non-hydrogen) atoms. The number of likely N-dealkylation sites (N-methyl/N-ethyl adjacent to an activating group) is 1. The number of nitrogens with one attached hydrogen (secondary N) is 1. The highest BCUT2D eigenvalue weighted by Gasteiger charge is 2.31. The van der Waals surface area contributed by atoms with E-state index in [1.54, 1.807) is 14.0 Å². The number of benzene rings is 1. The van der Waals surface area contributed by atoms with Crippen molar-refractivity contribution in [2.24, 2.45) is 0 Å². The molecule has 1 amide bonds. The fraction of sp³-hybridized carbons (Fsp3) is 0.417. The molecule has 0 aliphatic carbocycles. The second-order valence-corrected chi connectivity index (χ2v) is 7.33. The van der Waals surface area contributed by atoms with Crippen LogP contribution in [0.25, 0.3) is 0 Å². The zero-order valence-electron chi connectivity index (χ0n) is 11.0. The number of amides is 1. The third-order valence-corrected chi connectivity index (χ3v) is 5.56. The number of hydrogen-bond donors (Lipinski definition) is 1. The molecule has 5 nitrogen and oxygen atoms in total. The van der Waals surface area contributed by atoms with Gasteiger partial charge in [0.15, 0.2) is 0 Å². The van der Waals surface area contributed by atoms with Gasteiger partial charge in [0.05, 0.1) is 5.02 Å². The van der Waals surface area contributed by atoms with Crippen molar-refractivity contribution in [2.45, 2.75) is 24.3 Å². The van der Waals surface area contributed by atoms with Crippen molar-refractivity contribution in [1.29, 1.82) is 0 Å². The molecule has 0 unspecified atom stereocenters. The van der Waals surface area contributed by atoms with Crippen LogP contribution in [0.15, 0.2) is 17.0 Å². The number of rotatable bonds is 3. The van der Waals surface area contributed by atoms with Crippen molar-refractivity contribution < 1.29 is 13.2 Å². The summed E-state index contributed by atoms with van der Waals surface area (Å²) in [6, 6.07) is 2.39. The SMILES string of the molecule is Cc1cc(S(=O)(=O)N[C@H]2CC(=O)N(C)C2)c(Cl)cc1Cl. The number of carbonyl (C=O) groups excluding carboxylic acids is 1. The van der Waals surface area contributed by atoms with Gasteiger partial charge in [-0.3, -0.25) is 4.79 Å². The van der Waals surface area contributed by atoms with Gasteiger partial charge < -0.3 is 4.90 Å². The van der Waals surface area contributed by atoms with Gasteiger partial charge in [-0.25, -0.2) is 13.1 Å². The van der Waals surface area contributed by atoms with Crippen LogP contribution in [-0.2, 0) is 14.8 Å². The first-order valence-corrected chi connectivity index (χ1v) is 8.16. The van der Waals surface area contributed by atoms with Crippen LogP contribution in [0.5, 0.6) is 0 Å².